The Morgan fingerprint density at radius 2 is 2.29 bits per heavy atom. The van der Waals surface area contributed by atoms with Crippen molar-refractivity contribution in [1.29, 1.82) is 0 Å². The van der Waals surface area contributed by atoms with E-state index in [0.717, 1.165) is 15.7 Å². The molecule has 1 aromatic carbocycles. The fourth-order valence-corrected chi connectivity index (χ4v) is 2.64. The second kappa shape index (κ2) is 5.00. The summed E-state index contributed by atoms with van der Waals surface area (Å²) >= 11 is 12.6. The number of rotatable bonds is 3. The lowest BCUT2D eigenvalue weighted by Crippen LogP contribution is -2.12. The van der Waals surface area contributed by atoms with Crippen LogP contribution in [0.3, 0.4) is 0 Å². The summed E-state index contributed by atoms with van der Waals surface area (Å²) in [5.74, 6) is 0. The van der Waals surface area contributed by atoms with E-state index in [9.17, 15) is 0 Å². The zero-order valence-electron chi connectivity index (χ0n) is 9.03. The van der Waals surface area contributed by atoms with Crippen LogP contribution in [0.4, 0.5) is 10.8 Å². The smallest absolute Gasteiger partial charge is 0.187 e. The van der Waals surface area contributed by atoms with Gasteiger partial charge in [-0.1, -0.05) is 29.9 Å². The minimum atomic E-state index is 0.270. The Morgan fingerprint density at radius 1 is 1.53 bits per heavy atom. The highest BCUT2D eigenvalue weighted by molar-refractivity contribution is 7.80. The lowest BCUT2D eigenvalue weighted by Gasteiger charge is -2.10. The molecule has 17 heavy (non-hydrogen) atoms. The van der Waals surface area contributed by atoms with Crippen molar-refractivity contribution in [3.8, 4) is 0 Å². The van der Waals surface area contributed by atoms with Crippen molar-refractivity contribution in [3.63, 3.8) is 0 Å². The number of nitrogens with zero attached hydrogens (tertiary/aromatic N) is 1. The quantitative estimate of drug-likeness (QED) is 0.847. The first-order chi connectivity index (χ1) is 8.08. The van der Waals surface area contributed by atoms with E-state index in [1.165, 1.54) is 0 Å². The summed E-state index contributed by atoms with van der Waals surface area (Å²) in [4.78, 5) is 5.62. The highest BCUT2D eigenvalue weighted by Crippen LogP contribution is 2.28. The first-order valence-electron chi connectivity index (χ1n) is 4.85. The number of nitrogens with two attached hydrogens (primary N) is 1. The van der Waals surface area contributed by atoms with E-state index >= 15 is 0 Å². The lowest BCUT2D eigenvalue weighted by atomic mass is 10.2. The third kappa shape index (κ3) is 2.74. The Balaban J connectivity index is 2.39. The number of benzene rings is 1. The molecule has 0 amide bonds. The molecule has 2 rings (SSSR count). The molecule has 1 heterocycles. The van der Waals surface area contributed by atoms with Gasteiger partial charge in [-0.3, -0.25) is 0 Å². The fraction of sp³-hybridized carbons (Fsp3) is 0.0909. The Kier molecular flexibility index (Phi) is 3.61. The van der Waals surface area contributed by atoms with Crippen molar-refractivity contribution in [1.82, 2.24) is 4.98 Å². The molecule has 0 atom stereocenters. The number of hydrogen-bond donors (Lipinski definition) is 2. The third-order valence-electron chi connectivity index (χ3n) is 2.12. The van der Waals surface area contributed by atoms with Gasteiger partial charge in [0.05, 0.1) is 16.3 Å². The Bertz CT molecular complexity index is 566. The van der Waals surface area contributed by atoms with Crippen molar-refractivity contribution in [2.45, 2.75) is 6.92 Å². The normalized spacial score (nSPS) is 10.2. The molecule has 88 valence electrons. The SMILES string of the molecule is Cc1cnc(Nc2cccc(Cl)c2C(N)=S)s1. The predicted octanol–water partition coefficient (Wildman–Crippen LogP) is 3.48. The molecule has 0 aliphatic heterocycles. The Labute approximate surface area is 114 Å². The molecule has 0 saturated heterocycles. The fourth-order valence-electron chi connectivity index (χ4n) is 1.41. The average Bonchev–Trinajstić information content (AvgIpc) is 2.63. The van der Waals surface area contributed by atoms with Crippen LogP contribution in [0.25, 0.3) is 0 Å². The molecule has 0 saturated carbocycles. The molecule has 0 radical (unpaired) electrons. The van der Waals surface area contributed by atoms with Crippen LogP contribution in [-0.2, 0) is 0 Å². The largest absolute Gasteiger partial charge is 0.389 e. The number of thiocarbonyl (C=S) groups is 1. The maximum absolute atomic E-state index is 6.07. The molecule has 0 fully saturated rings. The number of aromatic nitrogens is 1. The topological polar surface area (TPSA) is 50.9 Å². The van der Waals surface area contributed by atoms with Crippen LogP contribution in [-0.4, -0.2) is 9.97 Å². The van der Waals surface area contributed by atoms with Crippen LogP contribution >= 0.6 is 35.2 Å². The van der Waals surface area contributed by atoms with E-state index in [4.69, 9.17) is 29.6 Å². The summed E-state index contributed by atoms with van der Waals surface area (Å²) < 4.78 is 0. The maximum atomic E-state index is 6.07. The predicted molar refractivity (Wildman–Crippen MR) is 77.5 cm³/mol. The zero-order valence-corrected chi connectivity index (χ0v) is 11.4. The minimum absolute atomic E-state index is 0.270. The van der Waals surface area contributed by atoms with Gasteiger partial charge in [-0.25, -0.2) is 4.98 Å². The summed E-state index contributed by atoms with van der Waals surface area (Å²) in [6.45, 7) is 2.00. The van der Waals surface area contributed by atoms with Crippen LogP contribution in [0.15, 0.2) is 24.4 Å². The maximum Gasteiger partial charge on any atom is 0.187 e. The van der Waals surface area contributed by atoms with Crippen molar-refractivity contribution in [3.05, 3.63) is 39.9 Å². The van der Waals surface area contributed by atoms with Gasteiger partial charge in [0.2, 0.25) is 0 Å². The van der Waals surface area contributed by atoms with Crippen molar-refractivity contribution >= 4 is 51.0 Å². The Morgan fingerprint density at radius 3 is 2.88 bits per heavy atom. The van der Waals surface area contributed by atoms with Crippen LogP contribution in [0.1, 0.15) is 10.4 Å². The first kappa shape index (κ1) is 12.3. The second-order valence-electron chi connectivity index (χ2n) is 3.43. The molecule has 0 bridgehead atoms. The molecule has 0 spiro atoms. The van der Waals surface area contributed by atoms with Crippen molar-refractivity contribution < 1.29 is 0 Å². The second-order valence-corrected chi connectivity index (χ2v) is 5.51. The van der Waals surface area contributed by atoms with Gasteiger partial charge in [-0.05, 0) is 19.1 Å². The van der Waals surface area contributed by atoms with E-state index in [1.54, 1.807) is 23.6 Å². The molecule has 0 unspecified atom stereocenters. The molecule has 3 N–H and O–H groups in total. The number of halogens is 1. The van der Waals surface area contributed by atoms with E-state index in [2.05, 4.69) is 10.3 Å². The van der Waals surface area contributed by atoms with Gasteiger partial charge in [0.15, 0.2) is 5.13 Å². The molecule has 0 aliphatic rings. The van der Waals surface area contributed by atoms with Crippen LogP contribution in [0.5, 0.6) is 0 Å². The molecule has 3 nitrogen and oxygen atoms in total. The van der Waals surface area contributed by atoms with E-state index < -0.39 is 0 Å². The van der Waals surface area contributed by atoms with Crippen LogP contribution in [0, 0.1) is 6.92 Å². The number of nitrogens with one attached hydrogen (secondary N) is 1. The summed E-state index contributed by atoms with van der Waals surface area (Å²) in [5.41, 5.74) is 7.09. The molecule has 0 aliphatic carbocycles. The van der Waals surface area contributed by atoms with E-state index in [1.807, 2.05) is 19.1 Å². The summed E-state index contributed by atoms with van der Waals surface area (Å²) in [5, 5.41) is 4.50. The number of hydrogen-bond acceptors (Lipinski definition) is 4. The highest BCUT2D eigenvalue weighted by atomic mass is 35.5. The summed E-state index contributed by atoms with van der Waals surface area (Å²) in [6, 6.07) is 5.47. The number of thiazole rings is 1. The molecular weight excluding hydrogens is 274 g/mol. The lowest BCUT2D eigenvalue weighted by molar-refractivity contribution is 1.36. The van der Waals surface area contributed by atoms with Crippen molar-refractivity contribution in [2.24, 2.45) is 5.73 Å². The van der Waals surface area contributed by atoms with Gasteiger partial charge in [-0.2, -0.15) is 0 Å². The highest BCUT2D eigenvalue weighted by Gasteiger charge is 2.10. The van der Waals surface area contributed by atoms with Crippen LogP contribution in [0.2, 0.25) is 5.02 Å². The summed E-state index contributed by atoms with van der Waals surface area (Å²) in [7, 11) is 0. The van der Waals surface area contributed by atoms with Gasteiger partial charge in [0.25, 0.3) is 0 Å². The average molecular weight is 284 g/mol. The molecule has 6 heteroatoms. The third-order valence-corrected chi connectivity index (χ3v) is 3.47. The van der Waals surface area contributed by atoms with Crippen molar-refractivity contribution in [2.75, 3.05) is 5.32 Å². The zero-order chi connectivity index (χ0) is 12.4. The van der Waals surface area contributed by atoms with Crippen LogP contribution < -0.4 is 11.1 Å². The first-order valence-corrected chi connectivity index (χ1v) is 6.46. The van der Waals surface area contributed by atoms with Gasteiger partial charge in [-0.15, -0.1) is 11.3 Å². The van der Waals surface area contributed by atoms with E-state index in [0.29, 0.717) is 10.6 Å². The Hall–Kier alpha value is -1.17. The van der Waals surface area contributed by atoms with Gasteiger partial charge >= 0.3 is 0 Å². The summed E-state index contributed by atoms with van der Waals surface area (Å²) in [6.07, 6.45) is 1.80. The monoisotopic (exact) mass is 283 g/mol. The molecule has 2 aromatic rings. The molecular formula is C11H10ClN3S2. The van der Waals surface area contributed by atoms with Gasteiger partial charge in [0, 0.05) is 11.1 Å². The molecule has 1 aromatic heterocycles. The number of aryl methyl sites for hydroxylation is 1. The van der Waals surface area contributed by atoms with Gasteiger partial charge < -0.3 is 11.1 Å². The standard InChI is InChI=1S/C11H10ClN3S2/c1-6-5-14-11(17-6)15-8-4-2-3-7(12)9(8)10(13)16/h2-5H,1H3,(H2,13,16)(H,14,15). The number of anilines is 2. The van der Waals surface area contributed by atoms with E-state index in [-0.39, 0.29) is 4.99 Å². The minimum Gasteiger partial charge on any atom is -0.389 e. The van der Waals surface area contributed by atoms with Gasteiger partial charge in [0.1, 0.15) is 4.99 Å².